The van der Waals surface area contributed by atoms with E-state index in [0.29, 0.717) is 21.0 Å². The summed E-state index contributed by atoms with van der Waals surface area (Å²) in [5.74, 6) is 0.551. The molecule has 5 heteroatoms. The highest BCUT2D eigenvalue weighted by atomic mass is 35.5. The van der Waals surface area contributed by atoms with Gasteiger partial charge in [-0.1, -0.05) is 34.8 Å². The molecule has 0 N–H and O–H groups in total. The number of rotatable bonds is 1. The van der Waals surface area contributed by atoms with Crippen molar-refractivity contribution in [2.45, 2.75) is 6.92 Å². The van der Waals surface area contributed by atoms with E-state index < -0.39 is 0 Å². The van der Waals surface area contributed by atoms with Crippen molar-refractivity contribution in [1.82, 2.24) is 9.97 Å². The molecular formula is C15H9Cl3N2. The standard InChI is InChI=1S/C15H9Cl3N2/c1-8-4-9(6-11(17)5-8)15-19-13-3-2-10(16)7-12(13)14(18)20-15/h2-7H,1H3. The molecule has 0 aliphatic carbocycles. The number of fused-ring (bicyclic) bond motifs is 1. The van der Waals surface area contributed by atoms with Gasteiger partial charge in [-0.15, -0.1) is 0 Å². The highest BCUT2D eigenvalue weighted by Gasteiger charge is 2.09. The van der Waals surface area contributed by atoms with Gasteiger partial charge in [0.25, 0.3) is 0 Å². The van der Waals surface area contributed by atoms with E-state index in [9.17, 15) is 0 Å². The quantitative estimate of drug-likeness (QED) is 0.547. The number of hydrogen-bond donors (Lipinski definition) is 0. The highest BCUT2D eigenvalue weighted by molar-refractivity contribution is 6.36. The third-order valence-electron chi connectivity index (χ3n) is 2.91. The lowest BCUT2D eigenvalue weighted by atomic mass is 10.1. The zero-order valence-electron chi connectivity index (χ0n) is 10.5. The Morgan fingerprint density at radius 2 is 1.65 bits per heavy atom. The first-order valence-electron chi connectivity index (χ1n) is 5.93. The number of benzene rings is 2. The van der Waals surface area contributed by atoms with Crippen LogP contribution in [0.1, 0.15) is 5.56 Å². The first kappa shape index (κ1) is 13.6. The summed E-state index contributed by atoms with van der Waals surface area (Å²) < 4.78 is 0. The van der Waals surface area contributed by atoms with E-state index in [4.69, 9.17) is 34.8 Å². The Balaban J connectivity index is 2.24. The molecule has 0 saturated heterocycles. The molecule has 20 heavy (non-hydrogen) atoms. The average Bonchev–Trinajstić information content (AvgIpc) is 2.38. The number of nitrogens with zero attached hydrogens (tertiary/aromatic N) is 2. The summed E-state index contributed by atoms with van der Waals surface area (Å²) in [5.41, 5.74) is 2.64. The maximum Gasteiger partial charge on any atom is 0.161 e. The minimum atomic E-state index is 0.380. The van der Waals surface area contributed by atoms with Crippen LogP contribution in [-0.2, 0) is 0 Å². The van der Waals surface area contributed by atoms with Crippen molar-refractivity contribution in [3.8, 4) is 11.4 Å². The molecule has 1 aromatic heterocycles. The molecule has 2 nitrogen and oxygen atoms in total. The molecule has 3 rings (SSSR count). The van der Waals surface area contributed by atoms with Crippen LogP contribution in [0, 0.1) is 6.92 Å². The molecule has 2 aromatic carbocycles. The summed E-state index contributed by atoms with van der Waals surface area (Å²) in [5, 5.41) is 2.37. The number of aromatic nitrogens is 2. The molecule has 0 atom stereocenters. The predicted molar refractivity (Wildman–Crippen MR) is 84.7 cm³/mol. The average molecular weight is 324 g/mol. The van der Waals surface area contributed by atoms with Crippen LogP contribution in [0.15, 0.2) is 36.4 Å². The van der Waals surface area contributed by atoms with Crippen LogP contribution >= 0.6 is 34.8 Å². The van der Waals surface area contributed by atoms with Gasteiger partial charge in [-0.3, -0.25) is 0 Å². The lowest BCUT2D eigenvalue weighted by Crippen LogP contribution is -1.92. The molecule has 0 radical (unpaired) electrons. The Kier molecular flexibility index (Phi) is 3.55. The predicted octanol–water partition coefficient (Wildman–Crippen LogP) is 5.57. The van der Waals surface area contributed by atoms with Crippen molar-refractivity contribution in [2.24, 2.45) is 0 Å². The summed E-state index contributed by atoms with van der Waals surface area (Å²) in [7, 11) is 0. The molecule has 0 fully saturated rings. The van der Waals surface area contributed by atoms with Crippen molar-refractivity contribution < 1.29 is 0 Å². The monoisotopic (exact) mass is 322 g/mol. The molecule has 0 unspecified atom stereocenters. The maximum atomic E-state index is 6.22. The van der Waals surface area contributed by atoms with Gasteiger partial charge < -0.3 is 0 Å². The molecule has 0 spiro atoms. The minimum absolute atomic E-state index is 0.380. The lowest BCUT2D eigenvalue weighted by molar-refractivity contribution is 1.22. The molecule has 0 aliphatic rings. The van der Waals surface area contributed by atoms with E-state index in [0.717, 1.165) is 22.0 Å². The Hall–Kier alpha value is -1.35. The fraction of sp³-hybridized carbons (Fsp3) is 0.0667. The Bertz CT molecular complexity index is 795. The van der Waals surface area contributed by atoms with Crippen LogP contribution in [0.25, 0.3) is 22.3 Å². The summed E-state index contributed by atoms with van der Waals surface area (Å²) in [6.07, 6.45) is 0. The summed E-state index contributed by atoms with van der Waals surface area (Å²) >= 11 is 18.3. The van der Waals surface area contributed by atoms with Gasteiger partial charge in [0.05, 0.1) is 5.52 Å². The zero-order valence-corrected chi connectivity index (χ0v) is 12.8. The van der Waals surface area contributed by atoms with Gasteiger partial charge >= 0.3 is 0 Å². The smallest absolute Gasteiger partial charge is 0.161 e. The van der Waals surface area contributed by atoms with Crippen LogP contribution in [0.4, 0.5) is 0 Å². The van der Waals surface area contributed by atoms with E-state index in [-0.39, 0.29) is 0 Å². The third kappa shape index (κ3) is 2.59. The van der Waals surface area contributed by atoms with Gasteiger partial charge in [-0.25, -0.2) is 9.97 Å². The van der Waals surface area contributed by atoms with E-state index in [2.05, 4.69) is 9.97 Å². The number of hydrogen-bond acceptors (Lipinski definition) is 2. The first-order chi connectivity index (χ1) is 9.52. The van der Waals surface area contributed by atoms with E-state index in [1.807, 2.05) is 31.2 Å². The van der Waals surface area contributed by atoms with Crippen molar-refractivity contribution in [3.05, 3.63) is 57.2 Å². The minimum Gasteiger partial charge on any atom is -0.228 e. The highest BCUT2D eigenvalue weighted by Crippen LogP contribution is 2.28. The second-order valence-electron chi connectivity index (χ2n) is 4.52. The normalized spacial score (nSPS) is 11.0. The number of halogens is 3. The summed E-state index contributed by atoms with van der Waals surface area (Å²) in [4.78, 5) is 8.85. The fourth-order valence-corrected chi connectivity index (χ4v) is 2.75. The van der Waals surface area contributed by atoms with E-state index in [1.165, 1.54) is 0 Å². The van der Waals surface area contributed by atoms with Crippen molar-refractivity contribution in [1.29, 1.82) is 0 Å². The molecule has 3 aromatic rings. The molecular weight excluding hydrogens is 315 g/mol. The van der Waals surface area contributed by atoms with Gasteiger partial charge in [0.2, 0.25) is 0 Å². The van der Waals surface area contributed by atoms with Crippen LogP contribution < -0.4 is 0 Å². The lowest BCUT2D eigenvalue weighted by Gasteiger charge is -2.06. The van der Waals surface area contributed by atoms with Crippen molar-refractivity contribution in [3.63, 3.8) is 0 Å². The van der Waals surface area contributed by atoms with E-state index >= 15 is 0 Å². The Labute approximate surface area is 131 Å². The van der Waals surface area contributed by atoms with Crippen molar-refractivity contribution in [2.75, 3.05) is 0 Å². The van der Waals surface area contributed by atoms with E-state index in [1.54, 1.807) is 12.1 Å². The first-order valence-corrected chi connectivity index (χ1v) is 7.07. The molecule has 1 heterocycles. The molecule has 0 amide bonds. The van der Waals surface area contributed by atoms with Crippen LogP contribution in [0.2, 0.25) is 15.2 Å². The van der Waals surface area contributed by atoms with Crippen molar-refractivity contribution >= 4 is 45.7 Å². The Morgan fingerprint density at radius 1 is 0.850 bits per heavy atom. The molecule has 100 valence electrons. The Morgan fingerprint density at radius 3 is 2.40 bits per heavy atom. The SMILES string of the molecule is Cc1cc(Cl)cc(-c2nc(Cl)c3cc(Cl)ccc3n2)c1. The molecule has 0 bridgehead atoms. The summed E-state index contributed by atoms with van der Waals surface area (Å²) in [6.45, 7) is 1.97. The zero-order chi connectivity index (χ0) is 14.3. The van der Waals surface area contributed by atoms with Gasteiger partial charge in [-0.05, 0) is 48.9 Å². The molecule has 0 aliphatic heterocycles. The van der Waals surface area contributed by atoms with Gasteiger partial charge in [0, 0.05) is 21.0 Å². The van der Waals surface area contributed by atoms with Crippen LogP contribution in [0.3, 0.4) is 0 Å². The third-order valence-corrected chi connectivity index (χ3v) is 3.65. The topological polar surface area (TPSA) is 25.8 Å². The van der Waals surface area contributed by atoms with Gasteiger partial charge in [0.1, 0.15) is 5.15 Å². The number of aryl methyl sites for hydroxylation is 1. The van der Waals surface area contributed by atoms with Crippen LogP contribution in [0.5, 0.6) is 0 Å². The second kappa shape index (κ2) is 5.21. The fourth-order valence-electron chi connectivity index (χ4n) is 2.06. The molecule has 0 saturated carbocycles. The van der Waals surface area contributed by atoms with Gasteiger partial charge in [0.15, 0.2) is 5.82 Å². The largest absolute Gasteiger partial charge is 0.228 e. The van der Waals surface area contributed by atoms with Gasteiger partial charge in [-0.2, -0.15) is 0 Å². The maximum absolute atomic E-state index is 6.22. The summed E-state index contributed by atoms with van der Waals surface area (Å²) in [6, 6.07) is 11.0. The van der Waals surface area contributed by atoms with Crippen LogP contribution in [-0.4, -0.2) is 9.97 Å². The second-order valence-corrected chi connectivity index (χ2v) is 5.75.